The molecule has 4 heteroatoms. The number of phenols is 1. The number of hydrogen-bond donors (Lipinski definition) is 1. The van der Waals surface area contributed by atoms with Crippen molar-refractivity contribution in [3.8, 4) is 11.5 Å². The number of aromatic hydroxyl groups is 1. The van der Waals surface area contributed by atoms with Crippen molar-refractivity contribution in [1.29, 1.82) is 0 Å². The fourth-order valence-corrected chi connectivity index (χ4v) is 2.29. The number of methoxy groups -OCH3 is 1. The van der Waals surface area contributed by atoms with Crippen LogP contribution in [-0.4, -0.2) is 21.8 Å². The van der Waals surface area contributed by atoms with Crippen molar-refractivity contribution in [1.82, 2.24) is 9.55 Å². The summed E-state index contributed by atoms with van der Waals surface area (Å²) in [6.45, 7) is 0. The van der Waals surface area contributed by atoms with Crippen molar-refractivity contribution >= 4 is 11.8 Å². The SMILES string of the molecule is COc1cc2c(cc1O)C=C(n1ccnc1)CC2. The van der Waals surface area contributed by atoms with Crippen molar-refractivity contribution in [2.24, 2.45) is 0 Å². The van der Waals surface area contributed by atoms with Gasteiger partial charge in [0.25, 0.3) is 0 Å². The van der Waals surface area contributed by atoms with Crippen molar-refractivity contribution in [3.63, 3.8) is 0 Å². The summed E-state index contributed by atoms with van der Waals surface area (Å²) in [6, 6.07) is 3.66. The highest BCUT2D eigenvalue weighted by Gasteiger charge is 2.14. The summed E-state index contributed by atoms with van der Waals surface area (Å²) in [6.07, 6.45) is 9.47. The lowest BCUT2D eigenvalue weighted by Crippen LogP contribution is -2.03. The molecule has 0 saturated heterocycles. The van der Waals surface area contributed by atoms with Crippen LogP contribution >= 0.6 is 0 Å². The Hall–Kier alpha value is -2.23. The molecule has 0 spiro atoms. The molecule has 0 bridgehead atoms. The standard InChI is InChI=1S/C14H14N2O2/c1-18-14-8-10-2-3-12(16-5-4-15-9-16)6-11(10)7-13(14)17/h4-9,17H,2-3H2,1H3. The number of hydrogen-bond acceptors (Lipinski definition) is 3. The second kappa shape index (κ2) is 4.22. The molecular weight excluding hydrogens is 228 g/mol. The lowest BCUT2D eigenvalue weighted by Gasteiger charge is -2.18. The predicted molar refractivity (Wildman–Crippen MR) is 69.4 cm³/mol. The molecule has 2 aromatic rings. The number of aryl methyl sites for hydroxylation is 1. The van der Waals surface area contributed by atoms with E-state index < -0.39 is 0 Å². The van der Waals surface area contributed by atoms with E-state index in [2.05, 4.69) is 11.1 Å². The van der Waals surface area contributed by atoms with Gasteiger partial charge < -0.3 is 14.4 Å². The molecule has 0 radical (unpaired) electrons. The van der Waals surface area contributed by atoms with Gasteiger partial charge in [-0.15, -0.1) is 0 Å². The Kier molecular flexibility index (Phi) is 2.55. The zero-order valence-corrected chi connectivity index (χ0v) is 10.1. The van der Waals surface area contributed by atoms with Gasteiger partial charge >= 0.3 is 0 Å². The van der Waals surface area contributed by atoms with Gasteiger partial charge in [0.1, 0.15) is 0 Å². The number of fused-ring (bicyclic) bond motifs is 1. The number of ether oxygens (including phenoxy) is 1. The van der Waals surface area contributed by atoms with Crippen LogP contribution in [0.25, 0.3) is 11.8 Å². The van der Waals surface area contributed by atoms with Gasteiger partial charge in [0.15, 0.2) is 11.5 Å². The van der Waals surface area contributed by atoms with E-state index in [-0.39, 0.29) is 5.75 Å². The molecule has 0 atom stereocenters. The van der Waals surface area contributed by atoms with Crippen LogP contribution in [0, 0.1) is 0 Å². The molecule has 4 nitrogen and oxygen atoms in total. The van der Waals surface area contributed by atoms with Gasteiger partial charge in [-0.1, -0.05) is 0 Å². The third-order valence-electron chi connectivity index (χ3n) is 3.25. The minimum atomic E-state index is 0.180. The fraction of sp³-hybridized carbons (Fsp3) is 0.214. The van der Waals surface area contributed by atoms with Gasteiger partial charge in [-0.25, -0.2) is 4.98 Å². The normalized spacial score (nSPS) is 13.9. The molecule has 1 heterocycles. The molecule has 92 valence electrons. The molecule has 3 rings (SSSR count). The molecule has 0 amide bonds. The quantitative estimate of drug-likeness (QED) is 0.880. The maximum atomic E-state index is 9.81. The van der Waals surface area contributed by atoms with Crippen molar-refractivity contribution in [3.05, 3.63) is 42.0 Å². The number of allylic oxidation sites excluding steroid dienone is 1. The largest absolute Gasteiger partial charge is 0.504 e. The molecule has 0 saturated carbocycles. The Labute approximate surface area is 105 Å². The van der Waals surface area contributed by atoms with Gasteiger partial charge in [0.05, 0.1) is 13.4 Å². The van der Waals surface area contributed by atoms with Gasteiger partial charge in [0.2, 0.25) is 0 Å². The highest BCUT2D eigenvalue weighted by Crippen LogP contribution is 2.35. The Balaban J connectivity index is 2.05. The zero-order chi connectivity index (χ0) is 12.5. The summed E-state index contributed by atoms with van der Waals surface area (Å²) in [4.78, 5) is 4.05. The summed E-state index contributed by atoms with van der Waals surface area (Å²) in [5, 5.41) is 9.81. The Bertz CT molecular complexity index is 601. The molecule has 1 aliphatic rings. The number of phenolic OH excluding ortho intramolecular Hbond substituents is 1. The third-order valence-corrected chi connectivity index (χ3v) is 3.25. The van der Waals surface area contributed by atoms with Crippen LogP contribution in [0.5, 0.6) is 11.5 Å². The second-order valence-electron chi connectivity index (χ2n) is 4.33. The summed E-state index contributed by atoms with van der Waals surface area (Å²) in [5.41, 5.74) is 3.43. The van der Waals surface area contributed by atoms with Crippen molar-refractivity contribution < 1.29 is 9.84 Å². The molecular formula is C14H14N2O2. The van der Waals surface area contributed by atoms with Crippen LogP contribution in [-0.2, 0) is 6.42 Å². The van der Waals surface area contributed by atoms with Crippen molar-refractivity contribution in [2.75, 3.05) is 7.11 Å². The van der Waals surface area contributed by atoms with Gasteiger partial charge in [-0.2, -0.15) is 0 Å². The predicted octanol–water partition coefficient (Wildman–Crippen LogP) is 2.54. The number of nitrogens with zero attached hydrogens (tertiary/aromatic N) is 2. The topological polar surface area (TPSA) is 47.3 Å². The maximum absolute atomic E-state index is 9.81. The molecule has 1 aromatic carbocycles. The molecule has 1 aromatic heterocycles. The van der Waals surface area contributed by atoms with Crippen LogP contribution in [0.2, 0.25) is 0 Å². The van der Waals surface area contributed by atoms with E-state index in [1.54, 1.807) is 25.7 Å². The third kappa shape index (κ3) is 1.76. The zero-order valence-electron chi connectivity index (χ0n) is 10.1. The van der Waals surface area contributed by atoms with E-state index in [1.807, 2.05) is 16.8 Å². The highest BCUT2D eigenvalue weighted by atomic mass is 16.5. The minimum absolute atomic E-state index is 0.180. The number of aromatic nitrogens is 2. The van der Waals surface area contributed by atoms with Gasteiger partial charge in [-0.3, -0.25) is 0 Å². The Morgan fingerprint density at radius 2 is 2.22 bits per heavy atom. The average Bonchev–Trinajstić information content (AvgIpc) is 2.91. The second-order valence-corrected chi connectivity index (χ2v) is 4.33. The Morgan fingerprint density at radius 1 is 1.33 bits per heavy atom. The maximum Gasteiger partial charge on any atom is 0.160 e. The number of imidazole rings is 1. The van der Waals surface area contributed by atoms with Crippen LogP contribution in [0.3, 0.4) is 0 Å². The van der Waals surface area contributed by atoms with E-state index >= 15 is 0 Å². The van der Waals surface area contributed by atoms with Gasteiger partial charge in [-0.05, 0) is 42.2 Å². The van der Waals surface area contributed by atoms with E-state index in [9.17, 15) is 5.11 Å². The lowest BCUT2D eigenvalue weighted by atomic mass is 9.94. The lowest BCUT2D eigenvalue weighted by molar-refractivity contribution is 0.373. The van der Waals surface area contributed by atoms with Crippen LogP contribution in [0.15, 0.2) is 30.9 Å². The fourth-order valence-electron chi connectivity index (χ4n) is 2.29. The molecule has 0 aliphatic heterocycles. The summed E-state index contributed by atoms with van der Waals surface area (Å²) in [5.74, 6) is 0.715. The minimum Gasteiger partial charge on any atom is -0.504 e. The summed E-state index contributed by atoms with van der Waals surface area (Å²) >= 11 is 0. The first-order valence-electron chi connectivity index (χ1n) is 5.86. The number of rotatable bonds is 2. The summed E-state index contributed by atoms with van der Waals surface area (Å²) < 4.78 is 7.13. The molecule has 0 unspecified atom stereocenters. The van der Waals surface area contributed by atoms with E-state index in [0.29, 0.717) is 5.75 Å². The smallest absolute Gasteiger partial charge is 0.160 e. The van der Waals surface area contributed by atoms with Crippen LogP contribution in [0.1, 0.15) is 17.5 Å². The molecule has 1 aliphatic carbocycles. The average molecular weight is 242 g/mol. The number of benzene rings is 1. The summed E-state index contributed by atoms with van der Waals surface area (Å²) in [7, 11) is 1.57. The first-order chi connectivity index (χ1) is 8.78. The van der Waals surface area contributed by atoms with Gasteiger partial charge in [0, 0.05) is 18.1 Å². The van der Waals surface area contributed by atoms with E-state index in [4.69, 9.17) is 4.74 Å². The van der Waals surface area contributed by atoms with Crippen LogP contribution < -0.4 is 4.74 Å². The highest BCUT2D eigenvalue weighted by molar-refractivity contribution is 5.76. The molecule has 18 heavy (non-hydrogen) atoms. The van der Waals surface area contributed by atoms with E-state index in [0.717, 1.165) is 18.4 Å². The van der Waals surface area contributed by atoms with Crippen LogP contribution in [0.4, 0.5) is 0 Å². The molecule has 1 N–H and O–H groups in total. The molecule has 0 fully saturated rings. The monoisotopic (exact) mass is 242 g/mol. The van der Waals surface area contributed by atoms with E-state index in [1.165, 1.54) is 11.3 Å². The van der Waals surface area contributed by atoms with Crippen molar-refractivity contribution in [2.45, 2.75) is 12.8 Å². The first-order valence-corrected chi connectivity index (χ1v) is 5.86. The Morgan fingerprint density at radius 3 is 2.94 bits per heavy atom. The first kappa shape index (κ1) is 10.9.